The van der Waals surface area contributed by atoms with E-state index < -0.39 is 11.8 Å². The Balaban J connectivity index is 1.22. The Bertz CT molecular complexity index is 2710. The fourth-order valence-electron chi connectivity index (χ4n) is 7.08. The molecule has 0 saturated heterocycles. The molecule has 47 heavy (non-hydrogen) atoms. The molecule has 0 amide bonds. The minimum Gasteiger partial charge on any atom is -0.457 e. The Morgan fingerprint density at radius 2 is 1.43 bits per heavy atom. The van der Waals surface area contributed by atoms with E-state index in [0.29, 0.717) is 22.8 Å². The quantitative estimate of drug-likeness (QED) is 0.195. The van der Waals surface area contributed by atoms with Gasteiger partial charge in [0, 0.05) is 47.8 Å². The van der Waals surface area contributed by atoms with Crippen LogP contribution in [0.15, 0.2) is 134 Å². The minimum atomic E-state index is -1.52. The zero-order valence-electron chi connectivity index (χ0n) is 28.5. The van der Waals surface area contributed by atoms with E-state index in [9.17, 15) is 0 Å². The van der Waals surface area contributed by atoms with Crippen molar-refractivity contribution in [2.24, 2.45) is 5.41 Å². The van der Waals surface area contributed by atoms with Crippen LogP contribution in [0.3, 0.4) is 0 Å². The lowest BCUT2D eigenvalue weighted by atomic mass is 9.88. The number of aromatic nitrogens is 3. The van der Waals surface area contributed by atoms with Crippen LogP contribution in [0.1, 0.15) is 29.1 Å². The second kappa shape index (κ2) is 10.4. The summed E-state index contributed by atoms with van der Waals surface area (Å²) < 4.78 is 26.7. The average Bonchev–Trinajstić information content (AvgIpc) is 3.64. The molecule has 0 aliphatic heterocycles. The van der Waals surface area contributed by atoms with Crippen molar-refractivity contribution in [3.63, 3.8) is 0 Å². The maximum Gasteiger partial charge on any atom is 0.128 e. The van der Waals surface area contributed by atoms with Gasteiger partial charge in [-0.3, -0.25) is 9.97 Å². The molecule has 0 spiro atoms. The van der Waals surface area contributed by atoms with E-state index in [-0.39, 0.29) is 0 Å². The predicted molar refractivity (Wildman–Crippen MR) is 195 cm³/mol. The van der Waals surface area contributed by atoms with Gasteiger partial charge in [-0.2, -0.15) is 0 Å². The summed E-state index contributed by atoms with van der Waals surface area (Å²) in [7, 11) is 0. The lowest BCUT2D eigenvalue weighted by molar-refractivity contribution is 0.411. The smallest absolute Gasteiger partial charge is 0.128 e. The highest BCUT2D eigenvalue weighted by Gasteiger charge is 2.20. The van der Waals surface area contributed by atoms with E-state index in [4.69, 9.17) is 12.5 Å². The van der Waals surface area contributed by atoms with Crippen molar-refractivity contribution < 1.29 is 7.48 Å². The molecule has 0 fully saturated rings. The lowest BCUT2D eigenvalue weighted by Gasteiger charge is -2.18. The molecular formula is C43H33N3O. The Hall–Kier alpha value is -5.74. The lowest BCUT2D eigenvalue weighted by Crippen LogP contribution is -2.09. The monoisotopic (exact) mass is 609 g/mol. The van der Waals surface area contributed by atoms with Gasteiger partial charge in [0.25, 0.3) is 0 Å². The molecule has 4 heterocycles. The third-order valence-corrected chi connectivity index (χ3v) is 8.88. The molecular weight excluding hydrogens is 574 g/mol. The fourth-order valence-corrected chi connectivity index (χ4v) is 7.08. The summed E-state index contributed by atoms with van der Waals surface area (Å²) in [5.74, 6) is 1.37. The van der Waals surface area contributed by atoms with Gasteiger partial charge >= 0.3 is 0 Å². The van der Waals surface area contributed by atoms with Crippen LogP contribution in [0, 0.1) is 5.41 Å². The number of fused-ring (bicyclic) bond motifs is 8. The van der Waals surface area contributed by atoms with E-state index >= 15 is 0 Å². The van der Waals surface area contributed by atoms with Crippen LogP contribution in [0.25, 0.3) is 71.4 Å². The predicted octanol–water partition coefficient (Wildman–Crippen LogP) is 11.5. The Kier molecular flexibility index (Phi) is 5.63. The van der Waals surface area contributed by atoms with E-state index in [2.05, 4.69) is 76.1 Å². The summed E-state index contributed by atoms with van der Waals surface area (Å²) in [6, 6.07) is 41.4. The number of benzene rings is 5. The van der Waals surface area contributed by atoms with Gasteiger partial charge in [-0.1, -0.05) is 81.4 Å². The highest BCUT2D eigenvalue weighted by atomic mass is 16.5. The van der Waals surface area contributed by atoms with Gasteiger partial charge in [0.05, 0.1) is 27.9 Å². The number of para-hydroxylation sites is 2. The molecule has 0 radical (unpaired) electrons. The van der Waals surface area contributed by atoms with Gasteiger partial charge < -0.3 is 9.14 Å². The number of nitrogens with zero attached hydrogens (tertiary/aromatic N) is 3. The standard InChI is InChI=1S/C43H33N3O/c1-43(2,3)26-27-19-21-45-38(22-27)28-10-8-11-29(23-28)47-30-24-35(37-15-6-7-20-44-37)31-17-18-40-41(36(31)25-30)34-14-9-13-33-32-12-4-5-16-39(32)46(40)42(33)34/h4-25H,26H2,1-3H3/i26D2. The molecule has 226 valence electrons. The Morgan fingerprint density at radius 3 is 2.30 bits per heavy atom. The second-order valence-corrected chi connectivity index (χ2v) is 13.2. The summed E-state index contributed by atoms with van der Waals surface area (Å²) in [5, 5.41) is 7.12. The summed E-state index contributed by atoms with van der Waals surface area (Å²) in [6.45, 7) is 5.75. The zero-order valence-corrected chi connectivity index (χ0v) is 26.5. The van der Waals surface area contributed by atoms with Crippen molar-refractivity contribution in [1.82, 2.24) is 14.4 Å². The average molecular weight is 610 g/mol. The van der Waals surface area contributed by atoms with Gasteiger partial charge in [0.2, 0.25) is 0 Å². The van der Waals surface area contributed by atoms with Crippen molar-refractivity contribution in [2.75, 3.05) is 0 Å². The highest BCUT2D eigenvalue weighted by molar-refractivity contribution is 6.29. The fraction of sp³-hybridized carbons (Fsp3) is 0.116. The van der Waals surface area contributed by atoms with Crippen LogP contribution >= 0.6 is 0 Å². The first-order valence-electron chi connectivity index (χ1n) is 17.0. The molecule has 0 bridgehead atoms. The topological polar surface area (TPSA) is 39.4 Å². The van der Waals surface area contributed by atoms with Crippen LogP contribution in [0.5, 0.6) is 11.5 Å². The Labute approximate surface area is 276 Å². The first kappa shape index (κ1) is 25.5. The molecule has 0 atom stereocenters. The SMILES string of the molecule is [2H]C([2H])(c1ccnc(-c2cccc(Oc3cc(-c4ccccn4)c4ccc5c(c4c3)c3cccc4c6ccccc6n5c43)c2)c1)C(C)(C)C. The maximum absolute atomic E-state index is 8.79. The largest absolute Gasteiger partial charge is 0.457 e. The van der Waals surface area contributed by atoms with Crippen LogP contribution in [0.4, 0.5) is 0 Å². The van der Waals surface area contributed by atoms with E-state index in [1.807, 2.05) is 75.5 Å². The number of hydrogen-bond donors (Lipinski definition) is 0. The van der Waals surface area contributed by atoms with Gasteiger partial charge in [0.15, 0.2) is 0 Å². The molecule has 4 nitrogen and oxygen atoms in total. The number of rotatable bonds is 5. The van der Waals surface area contributed by atoms with Crippen LogP contribution in [-0.2, 0) is 6.37 Å². The van der Waals surface area contributed by atoms with Crippen LogP contribution < -0.4 is 4.74 Å². The van der Waals surface area contributed by atoms with Crippen LogP contribution in [-0.4, -0.2) is 14.4 Å². The van der Waals surface area contributed by atoms with Crippen molar-refractivity contribution in [2.45, 2.75) is 27.1 Å². The highest BCUT2D eigenvalue weighted by Crippen LogP contribution is 2.44. The summed E-state index contributed by atoms with van der Waals surface area (Å²) >= 11 is 0. The number of hydrogen-bond acceptors (Lipinski definition) is 3. The third-order valence-electron chi connectivity index (χ3n) is 8.88. The van der Waals surface area contributed by atoms with Crippen LogP contribution in [0.2, 0.25) is 0 Å². The molecule has 0 unspecified atom stereocenters. The second-order valence-electron chi connectivity index (χ2n) is 13.2. The molecule has 0 aliphatic carbocycles. The maximum atomic E-state index is 8.79. The molecule has 0 saturated carbocycles. The van der Waals surface area contributed by atoms with Gasteiger partial charge in [-0.05, 0) is 88.8 Å². The summed E-state index contributed by atoms with van der Waals surface area (Å²) in [5.41, 5.74) is 7.05. The van der Waals surface area contributed by atoms with Gasteiger partial charge in [0.1, 0.15) is 11.5 Å². The molecule has 5 aromatic carbocycles. The number of ether oxygens (including phenoxy) is 1. The summed E-state index contributed by atoms with van der Waals surface area (Å²) in [4.78, 5) is 9.36. The molecule has 9 aromatic rings. The normalized spacial score (nSPS) is 13.2. The third kappa shape index (κ3) is 4.59. The molecule has 9 rings (SSSR count). The molecule has 4 heteroatoms. The molecule has 0 N–H and O–H groups in total. The van der Waals surface area contributed by atoms with Crippen molar-refractivity contribution in [3.05, 3.63) is 139 Å². The Morgan fingerprint density at radius 1 is 0.617 bits per heavy atom. The van der Waals surface area contributed by atoms with Crippen molar-refractivity contribution in [1.29, 1.82) is 0 Å². The number of pyridine rings is 2. The minimum absolute atomic E-state index is 0.570. The van der Waals surface area contributed by atoms with Gasteiger partial charge in [-0.25, -0.2) is 0 Å². The summed E-state index contributed by atoms with van der Waals surface area (Å²) in [6.07, 6.45) is 1.99. The molecule has 4 aromatic heterocycles. The van der Waals surface area contributed by atoms with Crippen molar-refractivity contribution >= 4 is 48.9 Å². The first-order valence-corrected chi connectivity index (χ1v) is 16.0. The van der Waals surface area contributed by atoms with E-state index in [1.54, 1.807) is 12.3 Å². The zero-order chi connectivity index (χ0) is 33.5. The van der Waals surface area contributed by atoms with E-state index in [0.717, 1.165) is 33.1 Å². The van der Waals surface area contributed by atoms with E-state index in [1.165, 1.54) is 32.6 Å². The van der Waals surface area contributed by atoms with Crippen molar-refractivity contribution in [3.8, 4) is 34.0 Å². The van der Waals surface area contributed by atoms with Gasteiger partial charge in [-0.15, -0.1) is 0 Å². The molecule has 0 aliphatic rings. The first-order chi connectivity index (χ1) is 23.7.